The predicted octanol–water partition coefficient (Wildman–Crippen LogP) is 2.69. The zero-order valence-corrected chi connectivity index (χ0v) is 11.6. The number of nitrogens with zero attached hydrogens (tertiary/aromatic N) is 1. The van der Waals surface area contributed by atoms with Gasteiger partial charge in [-0.1, -0.05) is 48.1 Å². The number of nitrogens with one attached hydrogen (secondary N) is 1. The molecule has 94 valence electrons. The average molecular weight is 288 g/mol. The van der Waals surface area contributed by atoms with Gasteiger partial charge in [-0.2, -0.15) is 0 Å². The van der Waals surface area contributed by atoms with E-state index in [1.165, 1.54) is 6.42 Å². The maximum atomic E-state index is 11.4. The van der Waals surface area contributed by atoms with E-state index < -0.39 is 9.96 Å². The van der Waals surface area contributed by atoms with Crippen molar-refractivity contribution < 1.29 is 4.79 Å². The van der Waals surface area contributed by atoms with E-state index in [1.54, 1.807) is 6.92 Å². The highest BCUT2D eigenvalue weighted by molar-refractivity contribution is 6.68. The maximum absolute atomic E-state index is 11.4. The van der Waals surface area contributed by atoms with Crippen molar-refractivity contribution in [1.29, 1.82) is 0 Å². The number of rotatable bonds is 3. The molecule has 1 fully saturated rings. The van der Waals surface area contributed by atoms with Gasteiger partial charge >= 0.3 is 0 Å². The van der Waals surface area contributed by atoms with Crippen molar-refractivity contribution in [2.24, 2.45) is 0 Å². The Morgan fingerprint density at radius 2 is 1.88 bits per heavy atom. The minimum atomic E-state index is -1.48. The summed E-state index contributed by atoms with van der Waals surface area (Å²) in [6.07, 6.45) is 3.24. The van der Waals surface area contributed by atoms with Gasteiger partial charge in [0, 0.05) is 19.5 Å². The summed E-state index contributed by atoms with van der Waals surface area (Å²) in [5, 5.41) is 2.77. The van der Waals surface area contributed by atoms with E-state index in [4.69, 9.17) is 34.8 Å². The summed E-state index contributed by atoms with van der Waals surface area (Å²) in [4.78, 5) is 13.4. The smallest absolute Gasteiger partial charge is 0.223 e. The van der Waals surface area contributed by atoms with Gasteiger partial charge in [-0.15, -0.1) is 0 Å². The van der Waals surface area contributed by atoms with Crippen LogP contribution in [0.1, 0.15) is 32.6 Å². The van der Waals surface area contributed by atoms with Crippen LogP contribution in [-0.2, 0) is 4.79 Å². The predicted molar refractivity (Wildman–Crippen MR) is 67.9 cm³/mol. The van der Waals surface area contributed by atoms with E-state index in [2.05, 4.69) is 5.32 Å². The van der Waals surface area contributed by atoms with Gasteiger partial charge < -0.3 is 5.32 Å². The number of amides is 1. The van der Waals surface area contributed by atoms with Crippen molar-refractivity contribution >= 4 is 40.7 Å². The molecule has 0 saturated carbocycles. The highest BCUT2D eigenvalue weighted by Crippen LogP contribution is 2.33. The highest BCUT2D eigenvalue weighted by Gasteiger charge is 2.38. The van der Waals surface area contributed by atoms with Gasteiger partial charge in [-0.05, 0) is 12.8 Å². The third-order valence-corrected chi connectivity index (χ3v) is 3.30. The van der Waals surface area contributed by atoms with E-state index in [1.807, 2.05) is 4.90 Å². The topological polar surface area (TPSA) is 32.3 Å². The Balaban J connectivity index is 2.66. The molecule has 1 rings (SSSR count). The van der Waals surface area contributed by atoms with Gasteiger partial charge in [0.25, 0.3) is 0 Å². The number of piperidine rings is 1. The molecule has 1 heterocycles. The number of likely N-dealkylation sites (tertiary alicyclic amines) is 1. The zero-order chi connectivity index (χ0) is 12.2. The van der Waals surface area contributed by atoms with Crippen molar-refractivity contribution in [2.75, 3.05) is 13.1 Å². The number of hydrogen-bond donors (Lipinski definition) is 1. The Bertz CT molecular complexity index is 237. The lowest BCUT2D eigenvalue weighted by Gasteiger charge is -2.38. The molecule has 0 spiro atoms. The second-order valence-corrected chi connectivity index (χ2v) is 6.33. The van der Waals surface area contributed by atoms with Gasteiger partial charge in [0.2, 0.25) is 9.70 Å². The maximum Gasteiger partial charge on any atom is 0.223 e. The fourth-order valence-electron chi connectivity index (χ4n) is 1.81. The molecule has 0 aliphatic carbocycles. The second kappa shape index (κ2) is 6.29. The zero-order valence-electron chi connectivity index (χ0n) is 9.31. The van der Waals surface area contributed by atoms with E-state index in [0.717, 1.165) is 25.9 Å². The molecule has 0 aromatic heterocycles. The highest BCUT2D eigenvalue weighted by atomic mass is 35.6. The third-order valence-electron chi connectivity index (χ3n) is 2.68. The summed E-state index contributed by atoms with van der Waals surface area (Å²) < 4.78 is -1.48. The van der Waals surface area contributed by atoms with Crippen molar-refractivity contribution in [2.45, 2.75) is 42.6 Å². The van der Waals surface area contributed by atoms with Gasteiger partial charge in [-0.25, -0.2) is 0 Å². The molecule has 1 aliphatic heterocycles. The van der Waals surface area contributed by atoms with Crippen LogP contribution >= 0.6 is 34.8 Å². The molecule has 16 heavy (non-hydrogen) atoms. The summed E-state index contributed by atoms with van der Waals surface area (Å²) in [5.41, 5.74) is 0. The minimum absolute atomic E-state index is 0.0955. The SMILES string of the molecule is CCC(=O)N[C@H](N1CCCCC1)C(Cl)(Cl)Cl. The first-order valence-corrected chi connectivity index (χ1v) is 6.68. The first kappa shape index (κ1) is 14.4. The van der Waals surface area contributed by atoms with Crippen molar-refractivity contribution in [1.82, 2.24) is 10.2 Å². The number of hydrogen-bond acceptors (Lipinski definition) is 2. The fraction of sp³-hybridized carbons (Fsp3) is 0.900. The van der Waals surface area contributed by atoms with Crippen LogP contribution in [0.5, 0.6) is 0 Å². The van der Waals surface area contributed by atoms with Gasteiger partial charge in [0.15, 0.2) is 0 Å². The minimum Gasteiger partial charge on any atom is -0.337 e. The lowest BCUT2D eigenvalue weighted by molar-refractivity contribution is -0.122. The third kappa shape index (κ3) is 4.28. The Kier molecular flexibility index (Phi) is 5.65. The summed E-state index contributed by atoms with van der Waals surface area (Å²) >= 11 is 17.7. The van der Waals surface area contributed by atoms with Crippen LogP contribution in [0.2, 0.25) is 0 Å². The summed E-state index contributed by atoms with van der Waals surface area (Å²) in [6.45, 7) is 3.51. The monoisotopic (exact) mass is 286 g/mol. The Morgan fingerprint density at radius 3 is 2.31 bits per heavy atom. The van der Waals surface area contributed by atoms with Crippen molar-refractivity contribution in [3.63, 3.8) is 0 Å². The van der Waals surface area contributed by atoms with Crippen LogP contribution in [-0.4, -0.2) is 33.9 Å². The molecule has 0 aromatic carbocycles. The summed E-state index contributed by atoms with van der Waals surface area (Å²) in [7, 11) is 0. The first-order chi connectivity index (χ1) is 7.45. The molecular formula is C10H17Cl3N2O. The van der Waals surface area contributed by atoms with Gasteiger partial charge in [0.05, 0.1) is 0 Å². The van der Waals surface area contributed by atoms with Crippen LogP contribution in [0.4, 0.5) is 0 Å². The summed E-state index contributed by atoms with van der Waals surface area (Å²) in [5.74, 6) is -0.0955. The van der Waals surface area contributed by atoms with Gasteiger partial charge in [-0.3, -0.25) is 9.69 Å². The van der Waals surface area contributed by atoms with Crippen LogP contribution < -0.4 is 5.32 Å². The first-order valence-electron chi connectivity index (χ1n) is 5.55. The molecule has 0 aromatic rings. The van der Waals surface area contributed by atoms with Crippen molar-refractivity contribution in [3.8, 4) is 0 Å². The fourth-order valence-corrected chi connectivity index (χ4v) is 2.39. The molecule has 0 bridgehead atoms. The number of carbonyl (C=O) groups is 1. The Hall–Kier alpha value is 0.300. The van der Waals surface area contributed by atoms with Crippen molar-refractivity contribution in [3.05, 3.63) is 0 Å². The second-order valence-electron chi connectivity index (χ2n) is 3.96. The van der Waals surface area contributed by atoms with Crippen LogP contribution in [0.3, 0.4) is 0 Å². The summed E-state index contributed by atoms with van der Waals surface area (Å²) in [6, 6.07) is 0. The number of alkyl halides is 3. The molecule has 1 amide bonds. The molecule has 1 aliphatic rings. The molecule has 1 saturated heterocycles. The average Bonchev–Trinajstić information content (AvgIpc) is 2.25. The van der Waals surface area contributed by atoms with Crippen LogP contribution in [0.15, 0.2) is 0 Å². The van der Waals surface area contributed by atoms with E-state index in [9.17, 15) is 4.79 Å². The molecule has 6 heteroatoms. The van der Waals surface area contributed by atoms with Crippen LogP contribution in [0, 0.1) is 0 Å². The molecule has 0 radical (unpaired) electrons. The Morgan fingerprint density at radius 1 is 1.31 bits per heavy atom. The largest absolute Gasteiger partial charge is 0.337 e. The lowest BCUT2D eigenvalue weighted by atomic mass is 10.1. The molecule has 1 N–H and O–H groups in total. The van der Waals surface area contributed by atoms with E-state index >= 15 is 0 Å². The van der Waals surface area contributed by atoms with Crippen LogP contribution in [0.25, 0.3) is 0 Å². The van der Waals surface area contributed by atoms with E-state index in [0.29, 0.717) is 6.42 Å². The number of halogens is 3. The standard InChI is InChI=1S/C10H17Cl3N2O/c1-2-8(16)14-9(10(11,12)13)15-6-4-3-5-7-15/h9H,2-7H2,1H3,(H,14,16)/t9-/m1/s1. The lowest BCUT2D eigenvalue weighted by Crippen LogP contribution is -2.56. The molecule has 0 unspecified atom stereocenters. The Labute approximate surface area is 111 Å². The molecule has 1 atom stereocenters. The normalized spacial score (nSPS) is 20.5. The quantitative estimate of drug-likeness (QED) is 0.810. The number of carbonyl (C=O) groups excluding carboxylic acids is 1. The molecule has 3 nitrogen and oxygen atoms in total. The van der Waals surface area contributed by atoms with E-state index in [-0.39, 0.29) is 5.91 Å². The van der Waals surface area contributed by atoms with Gasteiger partial charge in [0.1, 0.15) is 6.17 Å². The molecular weight excluding hydrogens is 270 g/mol.